The van der Waals surface area contributed by atoms with Crippen LogP contribution in [0.25, 0.3) is 0 Å². The van der Waals surface area contributed by atoms with E-state index in [0.29, 0.717) is 22.4 Å². The molecule has 2 amide bonds. The number of Topliss-reactive ketones (excluding diaryl/α,β-unsaturated/α-hetero) is 1. The molecule has 130 valence electrons. The average Bonchev–Trinajstić information content (AvgIpc) is 2.60. The monoisotopic (exact) mass is 340 g/mol. The molecule has 0 heterocycles. The van der Waals surface area contributed by atoms with Crippen molar-refractivity contribution in [2.24, 2.45) is 5.73 Å². The Morgan fingerprint density at radius 3 is 2.36 bits per heavy atom. The molecule has 1 unspecified atom stereocenters. The van der Waals surface area contributed by atoms with Gasteiger partial charge in [-0.2, -0.15) is 0 Å². The summed E-state index contributed by atoms with van der Waals surface area (Å²) in [4.78, 5) is 35.6. The van der Waals surface area contributed by atoms with Crippen LogP contribution < -0.4 is 15.8 Å². The zero-order valence-electron chi connectivity index (χ0n) is 14.1. The fourth-order valence-electron chi connectivity index (χ4n) is 2.48. The summed E-state index contributed by atoms with van der Waals surface area (Å²) in [6.45, 7) is 1.45. The zero-order chi connectivity index (χ0) is 18.4. The first-order valence-corrected chi connectivity index (χ1v) is 7.74. The molecule has 0 spiro atoms. The smallest absolute Gasteiger partial charge is 0.244 e. The molecular formula is C19H20N2O4. The molecule has 0 aliphatic rings. The summed E-state index contributed by atoms with van der Waals surface area (Å²) in [7, 11) is 1.49. The minimum Gasteiger partial charge on any atom is -0.496 e. The fourth-order valence-corrected chi connectivity index (χ4v) is 2.48. The molecular weight excluding hydrogens is 320 g/mol. The maximum absolute atomic E-state index is 12.4. The van der Waals surface area contributed by atoms with E-state index in [-0.39, 0.29) is 12.2 Å². The van der Waals surface area contributed by atoms with Gasteiger partial charge in [0.2, 0.25) is 11.8 Å². The van der Waals surface area contributed by atoms with E-state index in [1.54, 1.807) is 42.5 Å². The van der Waals surface area contributed by atoms with Gasteiger partial charge in [-0.05, 0) is 30.7 Å². The normalized spacial score (nSPS) is 11.4. The van der Waals surface area contributed by atoms with E-state index >= 15 is 0 Å². The van der Waals surface area contributed by atoms with Crippen LogP contribution in [-0.4, -0.2) is 24.7 Å². The van der Waals surface area contributed by atoms with Crippen LogP contribution in [0.3, 0.4) is 0 Å². The third kappa shape index (κ3) is 4.67. The van der Waals surface area contributed by atoms with Crippen molar-refractivity contribution in [1.29, 1.82) is 0 Å². The predicted octanol–water partition coefficient (Wildman–Crippen LogP) is 1.78. The first-order chi connectivity index (χ1) is 11.9. The lowest BCUT2D eigenvalue weighted by atomic mass is 10.0. The molecule has 25 heavy (non-hydrogen) atoms. The second-order valence-electron chi connectivity index (χ2n) is 5.57. The number of amides is 2. The Hall–Kier alpha value is -3.15. The van der Waals surface area contributed by atoms with Crippen molar-refractivity contribution < 1.29 is 19.1 Å². The lowest BCUT2D eigenvalue weighted by Crippen LogP contribution is -2.38. The number of carbonyl (C=O) groups excluding carboxylic acids is 3. The van der Waals surface area contributed by atoms with Crippen molar-refractivity contribution in [3.05, 3.63) is 65.2 Å². The van der Waals surface area contributed by atoms with Gasteiger partial charge in [-0.25, -0.2) is 0 Å². The summed E-state index contributed by atoms with van der Waals surface area (Å²) in [6, 6.07) is 12.7. The topological polar surface area (TPSA) is 98.5 Å². The fraction of sp³-hybridized carbons (Fsp3) is 0.211. The number of nitrogens with two attached hydrogens (primary N) is 1. The van der Waals surface area contributed by atoms with Crippen LogP contribution in [0.2, 0.25) is 0 Å². The summed E-state index contributed by atoms with van der Waals surface area (Å²) >= 11 is 0. The highest BCUT2D eigenvalue weighted by Crippen LogP contribution is 2.21. The molecule has 0 bridgehead atoms. The maximum Gasteiger partial charge on any atom is 0.244 e. The standard InChI is InChI=1S/C19H20N2O4/c1-12(22)14-8-9-16(25-2)15(10-14)11-17(23)21-18(19(20)24)13-6-4-3-5-7-13/h3-10,18H,11H2,1-2H3,(H2,20,24)(H,21,23). The van der Waals surface area contributed by atoms with Crippen molar-refractivity contribution in [2.75, 3.05) is 7.11 Å². The third-order valence-corrected chi connectivity index (χ3v) is 3.76. The van der Waals surface area contributed by atoms with E-state index in [4.69, 9.17) is 10.5 Å². The molecule has 6 heteroatoms. The summed E-state index contributed by atoms with van der Waals surface area (Å²) in [5.74, 6) is -0.658. The van der Waals surface area contributed by atoms with Crippen molar-refractivity contribution in [2.45, 2.75) is 19.4 Å². The van der Waals surface area contributed by atoms with Crippen LogP contribution in [0.1, 0.15) is 34.5 Å². The minimum absolute atomic E-state index is 0.0408. The SMILES string of the molecule is COc1ccc(C(C)=O)cc1CC(=O)NC(C(N)=O)c1ccccc1. The molecule has 0 aliphatic carbocycles. The van der Waals surface area contributed by atoms with Gasteiger partial charge in [-0.15, -0.1) is 0 Å². The Labute approximate surface area is 146 Å². The maximum atomic E-state index is 12.4. The number of hydrogen-bond acceptors (Lipinski definition) is 4. The molecule has 0 radical (unpaired) electrons. The molecule has 0 fully saturated rings. The van der Waals surface area contributed by atoms with Crippen LogP contribution in [0.4, 0.5) is 0 Å². The summed E-state index contributed by atoms with van der Waals surface area (Å²) in [5, 5.41) is 2.63. The number of ketones is 1. The second kappa shape index (κ2) is 8.10. The molecule has 6 nitrogen and oxygen atoms in total. The summed E-state index contributed by atoms with van der Waals surface area (Å²) < 4.78 is 5.24. The van der Waals surface area contributed by atoms with Crippen molar-refractivity contribution in [3.63, 3.8) is 0 Å². The van der Waals surface area contributed by atoms with Gasteiger partial charge in [-0.3, -0.25) is 14.4 Å². The summed E-state index contributed by atoms with van der Waals surface area (Å²) in [5.41, 5.74) is 7.06. The number of hydrogen-bond donors (Lipinski definition) is 2. The van der Waals surface area contributed by atoms with Crippen molar-refractivity contribution in [3.8, 4) is 5.75 Å². The molecule has 0 saturated carbocycles. The number of methoxy groups -OCH3 is 1. The van der Waals surface area contributed by atoms with Gasteiger partial charge < -0.3 is 15.8 Å². The zero-order valence-corrected chi connectivity index (χ0v) is 14.1. The van der Waals surface area contributed by atoms with E-state index in [1.165, 1.54) is 14.0 Å². The average molecular weight is 340 g/mol. The number of ether oxygens (including phenoxy) is 1. The first kappa shape index (κ1) is 18.2. The van der Waals surface area contributed by atoms with Gasteiger partial charge >= 0.3 is 0 Å². The largest absolute Gasteiger partial charge is 0.496 e. The molecule has 2 aromatic rings. The van der Waals surface area contributed by atoms with Gasteiger partial charge in [-0.1, -0.05) is 30.3 Å². The molecule has 0 aliphatic heterocycles. The minimum atomic E-state index is -0.921. The highest BCUT2D eigenvalue weighted by atomic mass is 16.5. The molecule has 0 saturated heterocycles. The highest BCUT2D eigenvalue weighted by Gasteiger charge is 2.21. The van der Waals surface area contributed by atoms with Crippen LogP contribution in [0.5, 0.6) is 5.75 Å². The Bertz CT molecular complexity index is 787. The Balaban J connectivity index is 2.20. The Morgan fingerprint density at radius 1 is 1.12 bits per heavy atom. The number of carbonyl (C=O) groups is 3. The quantitative estimate of drug-likeness (QED) is 0.751. The van der Waals surface area contributed by atoms with Crippen LogP contribution >= 0.6 is 0 Å². The van der Waals surface area contributed by atoms with E-state index < -0.39 is 17.9 Å². The molecule has 3 N–H and O–H groups in total. The van der Waals surface area contributed by atoms with Gasteiger partial charge in [0.15, 0.2) is 5.78 Å². The van der Waals surface area contributed by atoms with Crippen LogP contribution in [0, 0.1) is 0 Å². The molecule has 1 atom stereocenters. The van der Waals surface area contributed by atoms with Crippen LogP contribution in [-0.2, 0) is 16.0 Å². The van der Waals surface area contributed by atoms with Gasteiger partial charge in [0.05, 0.1) is 13.5 Å². The molecule has 0 aromatic heterocycles. The Morgan fingerprint density at radius 2 is 1.80 bits per heavy atom. The van der Waals surface area contributed by atoms with Gasteiger partial charge in [0.25, 0.3) is 0 Å². The number of primary amides is 1. The third-order valence-electron chi connectivity index (χ3n) is 3.76. The Kier molecular flexibility index (Phi) is 5.89. The van der Waals surface area contributed by atoms with Gasteiger partial charge in [0.1, 0.15) is 11.8 Å². The molecule has 2 aromatic carbocycles. The number of benzene rings is 2. The van der Waals surface area contributed by atoms with Crippen LogP contribution in [0.15, 0.2) is 48.5 Å². The van der Waals surface area contributed by atoms with Crippen molar-refractivity contribution >= 4 is 17.6 Å². The predicted molar refractivity (Wildman–Crippen MR) is 93.2 cm³/mol. The van der Waals surface area contributed by atoms with E-state index in [1.807, 2.05) is 6.07 Å². The second-order valence-corrected chi connectivity index (χ2v) is 5.57. The molecule has 2 rings (SSSR count). The van der Waals surface area contributed by atoms with Gasteiger partial charge in [0, 0.05) is 11.1 Å². The number of nitrogens with one attached hydrogen (secondary N) is 1. The lowest BCUT2D eigenvalue weighted by Gasteiger charge is -2.16. The van der Waals surface area contributed by atoms with Crippen molar-refractivity contribution in [1.82, 2.24) is 5.32 Å². The first-order valence-electron chi connectivity index (χ1n) is 7.74. The lowest BCUT2D eigenvalue weighted by molar-refractivity contribution is -0.127. The number of rotatable bonds is 7. The van der Waals surface area contributed by atoms with E-state index in [2.05, 4.69) is 5.32 Å². The van der Waals surface area contributed by atoms with E-state index in [0.717, 1.165) is 0 Å². The highest BCUT2D eigenvalue weighted by molar-refractivity contribution is 5.95. The van der Waals surface area contributed by atoms with E-state index in [9.17, 15) is 14.4 Å². The summed E-state index contributed by atoms with van der Waals surface area (Å²) in [6.07, 6.45) is -0.0408.